The first-order chi connectivity index (χ1) is 18.4. The Morgan fingerprint density at radius 1 is 0.842 bits per heavy atom. The lowest BCUT2D eigenvalue weighted by Crippen LogP contribution is -2.55. The van der Waals surface area contributed by atoms with Crippen LogP contribution in [-0.2, 0) is 17.4 Å². The Bertz CT molecular complexity index is 1350. The van der Waals surface area contributed by atoms with E-state index >= 15 is 4.57 Å². The smallest absolute Gasteiger partial charge is 0.190 e. The summed E-state index contributed by atoms with van der Waals surface area (Å²) in [6.45, 7) is 4.91. The molecule has 1 N–H and O–H groups in total. The zero-order valence-corrected chi connectivity index (χ0v) is 23.5. The second-order valence-corrected chi connectivity index (χ2v) is 15.8. The van der Waals surface area contributed by atoms with Crippen LogP contribution < -0.4 is 16.0 Å². The number of aromatic nitrogens is 2. The number of aliphatic hydroxyl groups is 1. The van der Waals surface area contributed by atoms with Crippen molar-refractivity contribution in [3.8, 4) is 0 Å². The lowest BCUT2D eigenvalue weighted by Gasteiger charge is -2.60. The molecule has 3 fully saturated rings. The van der Waals surface area contributed by atoms with Gasteiger partial charge in [0, 0.05) is 10.6 Å². The maximum absolute atomic E-state index is 15.2. The van der Waals surface area contributed by atoms with Crippen molar-refractivity contribution >= 4 is 23.2 Å². The van der Waals surface area contributed by atoms with Gasteiger partial charge >= 0.3 is 0 Å². The fourth-order valence-electron chi connectivity index (χ4n) is 9.51. The van der Waals surface area contributed by atoms with Crippen LogP contribution in [0.15, 0.2) is 66.9 Å². The summed E-state index contributed by atoms with van der Waals surface area (Å²) in [5.74, 6) is 2.61. The summed E-state index contributed by atoms with van der Waals surface area (Å²) < 4.78 is 15.2. The Kier molecular flexibility index (Phi) is 5.77. The van der Waals surface area contributed by atoms with Gasteiger partial charge < -0.3 is 9.67 Å². The van der Waals surface area contributed by atoms with E-state index in [0.29, 0.717) is 29.1 Å². The van der Waals surface area contributed by atoms with Crippen molar-refractivity contribution in [2.75, 3.05) is 0 Å². The van der Waals surface area contributed by atoms with E-state index in [0.717, 1.165) is 36.3 Å². The summed E-state index contributed by atoms with van der Waals surface area (Å²) in [7, 11) is -3.17. The van der Waals surface area contributed by atoms with Gasteiger partial charge in [0.25, 0.3) is 0 Å². The van der Waals surface area contributed by atoms with E-state index < -0.39 is 7.14 Å². The van der Waals surface area contributed by atoms with Crippen LogP contribution in [0.3, 0.4) is 0 Å². The van der Waals surface area contributed by atoms with E-state index in [1.165, 1.54) is 36.8 Å². The van der Waals surface area contributed by atoms with Crippen LogP contribution in [0, 0.1) is 34.5 Å². The minimum absolute atomic E-state index is 0.105. The molecular weight excluding hydrogens is 487 g/mol. The molecule has 4 nitrogen and oxygen atoms in total. The summed E-state index contributed by atoms with van der Waals surface area (Å²) in [6.07, 6.45) is 10.8. The predicted octanol–water partition coefficient (Wildman–Crippen LogP) is 5.43. The summed E-state index contributed by atoms with van der Waals surface area (Å²) in [5, 5.41) is 21.7. The third-order valence-corrected chi connectivity index (χ3v) is 14.6. The van der Waals surface area contributed by atoms with E-state index in [1.807, 2.05) is 66.9 Å². The highest BCUT2D eigenvalue weighted by Crippen LogP contribution is 2.65. The molecule has 1 unspecified atom stereocenters. The SMILES string of the molecule is C[C@]12CC[C@H]3[C@@H](CCC4Cc5c(cnnc5P(=O)(c5ccccc5)c5ccccc5)C[C@@]43C)[C@@H]1CC[C@@H]2O. The van der Waals surface area contributed by atoms with Gasteiger partial charge in [0.1, 0.15) is 5.44 Å². The van der Waals surface area contributed by atoms with Gasteiger partial charge in [-0.2, -0.15) is 5.10 Å². The Labute approximate surface area is 226 Å². The van der Waals surface area contributed by atoms with Crippen LogP contribution in [0.1, 0.15) is 63.5 Å². The van der Waals surface area contributed by atoms with Crippen LogP contribution >= 0.6 is 7.14 Å². The van der Waals surface area contributed by atoms with Gasteiger partial charge in [0.05, 0.1) is 12.3 Å². The normalized spacial score (nSPS) is 36.0. The number of nitrogens with zero attached hydrogens (tertiary/aromatic N) is 2. The van der Waals surface area contributed by atoms with Crippen LogP contribution in [0.4, 0.5) is 0 Å². The fourth-order valence-corrected chi connectivity index (χ4v) is 12.3. The lowest BCUT2D eigenvalue weighted by molar-refractivity contribution is -0.111. The molecule has 4 aliphatic rings. The molecule has 3 saturated carbocycles. The molecule has 7 rings (SSSR count). The molecule has 0 bridgehead atoms. The van der Waals surface area contributed by atoms with Crippen LogP contribution in [0.2, 0.25) is 0 Å². The van der Waals surface area contributed by atoms with Crippen molar-refractivity contribution in [2.24, 2.45) is 34.5 Å². The monoisotopic (exact) mass is 526 g/mol. The Morgan fingerprint density at radius 2 is 1.50 bits per heavy atom. The van der Waals surface area contributed by atoms with Crippen molar-refractivity contribution in [3.63, 3.8) is 0 Å². The number of hydrogen-bond donors (Lipinski definition) is 1. The lowest BCUT2D eigenvalue weighted by atomic mass is 9.45. The second-order valence-electron chi connectivity index (χ2n) is 13.1. The number of benzene rings is 2. The highest BCUT2D eigenvalue weighted by molar-refractivity contribution is 7.85. The Morgan fingerprint density at radius 3 is 2.18 bits per heavy atom. The Hall–Kier alpha value is -2.29. The summed E-state index contributed by atoms with van der Waals surface area (Å²) in [5.41, 5.74) is 3.46. The van der Waals surface area contributed by atoms with Gasteiger partial charge in [-0.1, -0.05) is 74.5 Å². The highest BCUT2D eigenvalue weighted by Gasteiger charge is 2.60. The molecule has 7 atom stereocenters. The minimum Gasteiger partial charge on any atom is -0.393 e. The Balaban J connectivity index is 1.31. The summed E-state index contributed by atoms with van der Waals surface area (Å²) in [6, 6.07) is 19.8. The number of rotatable bonds is 3. The topological polar surface area (TPSA) is 63.1 Å². The van der Waals surface area contributed by atoms with E-state index in [9.17, 15) is 5.11 Å². The quantitative estimate of drug-likeness (QED) is 0.462. The van der Waals surface area contributed by atoms with E-state index in [2.05, 4.69) is 24.0 Å². The molecule has 0 spiro atoms. The van der Waals surface area contributed by atoms with Crippen molar-refractivity contribution in [2.45, 2.75) is 71.3 Å². The van der Waals surface area contributed by atoms with Crippen molar-refractivity contribution in [3.05, 3.63) is 78.0 Å². The molecule has 2 aromatic carbocycles. The van der Waals surface area contributed by atoms with Gasteiger partial charge in [-0.3, -0.25) is 0 Å². The van der Waals surface area contributed by atoms with Crippen molar-refractivity contribution in [1.82, 2.24) is 10.2 Å². The maximum atomic E-state index is 15.2. The van der Waals surface area contributed by atoms with Gasteiger partial charge in [-0.25, -0.2) is 0 Å². The number of aliphatic hydroxyl groups excluding tert-OH is 1. The molecule has 0 radical (unpaired) electrons. The molecule has 198 valence electrons. The first-order valence-corrected chi connectivity index (χ1v) is 16.3. The molecule has 1 aromatic heterocycles. The molecule has 38 heavy (non-hydrogen) atoms. The first kappa shape index (κ1) is 24.7. The molecule has 1 heterocycles. The average molecular weight is 527 g/mol. The molecule has 0 amide bonds. The van der Waals surface area contributed by atoms with Crippen LogP contribution in [0.25, 0.3) is 0 Å². The predicted molar refractivity (Wildman–Crippen MR) is 153 cm³/mol. The number of hydrogen-bond acceptors (Lipinski definition) is 4. The minimum atomic E-state index is -3.17. The third kappa shape index (κ3) is 3.42. The summed E-state index contributed by atoms with van der Waals surface area (Å²) in [4.78, 5) is 0. The molecule has 4 aliphatic carbocycles. The average Bonchev–Trinajstić information content (AvgIpc) is 3.26. The zero-order chi connectivity index (χ0) is 26.1. The second kappa shape index (κ2) is 8.86. The first-order valence-electron chi connectivity index (χ1n) is 14.6. The number of fused-ring (bicyclic) bond motifs is 6. The van der Waals surface area contributed by atoms with E-state index in [-0.39, 0.29) is 16.9 Å². The largest absolute Gasteiger partial charge is 0.393 e. The van der Waals surface area contributed by atoms with Gasteiger partial charge in [-0.05, 0) is 97.0 Å². The molecule has 0 saturated heterocycles. The van der Waals surface area contributed by atoms with Crippen LogP contribution in [0.5, 0.6) is 0 Å². The standard InChI is InChI=1S/C33H39N2O2P/c1-32-18-17-29-26(28(32)15-16-30(32)36)14-13-23-19-27-22(20-33(23,29)2)21-34-35-31(27)38(37,24-9-5-3-6-10-24)25-11-7-4-8-12-25/h3-12,21,23,26,28-30,36H,13-20H2,1-2H3/t23?,26-,28-,29-,30-,32-,33-/m0/s1. The summed E-state index contributed by atoms with van der Waals surface area (Å²) >= 11 is 0. The third-order valence-electron chi connectivity index (χ3n) is 11.6. The van der Waals surface area contributed by atoms with Gasteiger partial charge in [0.15, 0.2) is 7.14 Å². The highest BCUT2D eigenvalue weighted by atomic mass is 31.2. The van der Waals surface area contributed by atoms with Crippen LogP contribution in [-0.4, -0.2) is 21.4 Å². The van der Waals surface area contributed by atoms with Crippen molar-refractivity contribution in [1.29, 1.82) is 0 Å². The molecule has 5 heteroatoms. The van der Waals surface area contributed by atoms with E-state index in [4.69, 9.17) is 0 Å². The molecule has 0 aliphatic heterocycles. The maximum Gasteiger partial charge on any atom is 0.190 e. The molecule has 3 aromatic rings. The fraction of sp³-hybridized carbons (Fsp3) is 0.515. The van der Waals surface area contributed by atoms with Gasteiger partial charge in [-0.15, -0.1) is 5.10 Å². The van der Waals surface area contributed by atoms with Crippen molar-refractivity contribution < 1.29 is 9.67 Å². The molecular formula is C33H39N2O2P. The van der Waals surface area contributed by atoms with Gasteiger partial charge in [0.2, 0.25) is 0 Å². The van der Waals surface area contributed by atoms with E-state index in [1.54, 1.807) is 0 Å². The zero-order valence-electron chi connectivity index (χ0n) is 22.6.